The monoisotopic (exact) mass is 306 g/mol. The molecule has 2 rings (SSSR count). The fourth-order valence-corrected chi connectivity index (χ4v) is 2.64. The lowest BCUT2D eigenvalue weighted by atomic mass is 9.91. The van der Waals surface area contributed by atoms with Crippen LogP contribution in [0.5, 0.6) is 0 Å². The van der Waals surface area contributed by atoms with Gasteiger partial charge in [0.1, 0.15) is 0 Å². The number of hydrogen-bond acceptors (Lipinski definition) is 4. The second-order valence-electron chi connectivity index (χ2n) is 6.62. The van der Waals surface area contributed by atoms with Gasteiger partial charge in [-0.25, -0.2) is 0 Å². The van der Waals surface area contributed by atoms with E-state index in [2.05, 4.69) is 24.3 Å². The van der Waals surface area contributed by atoms with E-state index >= 15 is 0 Å². The Kier molecular flexibility index (Phi) is 5.21. The van der Waals surface area contributed by atoms with Crippen LogP contribution in [0.15, 0.2) is 24.3 Å². The molecule has 5 nitrogen and oxygen atoms in total. The van der Waals surface area contributed by atoms with Gasteiger partial charge in [-0.3, -0.25) is 9.69 Å². The maximum absolute atomic E-state index is 12.3. The lowest BCUT2D eigenvalue weighted by molar-refractivity contribution is -0.147. The predicted molar refractivity (Wildman–Crippen MR) is 85.3 cm³/mol. The zero-order valence-electron chi connectivity index (χ0n) is 13.6. The van der Waals surface area contributed by atoms with Crippen molar-refractivity contribution in [1.29, 1.82) is 0 Å². The van der Waals surface area contributed by atoms with Crippen LogP contribution in [0.25, 0.3) is 0 Å². The van der Waals surface area contributed by atoms with Gasteiger partial charge in [0.2, 0.25) is 5.91 Å². The molecule has 5 heteroatoms. The van der Waals surface area contributed by atoms with Crippen molar-refractivity contribution < 1.29 is 15.0 Å². The van der Waals surface area contributed by atoms with E-state index in [0.29, 0.717) is 26.1 Å². The number of benzene rings is 1. The van der Waals surface area contributed by atoms with Crippen molar-refractivity contribution >= 4 is 5.91 Å². The maximum atomic E-state index is 12.3. The minimum absolute atomic E-state index is 0.0100. The Morgan fingerprint density at radius 3 is 2.64 bits per heavy atom. The van der Waals surface area contributed by atoms with Gasteiger partial charge in [0.05, 0.1) is 18.2 Å². The summed E-state index contributed by atoms with van der Waals surface area (Å²) < 4.78 is 0. The molecule has 0 saturated carbocycles. The molecule has 1 amide bonds. The summed E-state index contributed by atoms with van der Waals surface area (Å²) in [7, 11) is 1.91. The molecule has 1 fully saturated rings. The van der Waals surface area contributed by atoms with E-state index in [1.165, 1.54) is 11.1 Å². The Hall–Kier alpha value is -1.43. The van der Waals surface area contributed by atoms with Gasteiger partial charge in [0.15, 0.2) is 0 Å². The number of likely N-dealkylation sites (tertiary alicyclic amines) is 1. The number of piperidine rings is 1. The number of hydrogen-bond donors (Lipinski definition) is 2. The van der Waals surface area contributed by atoms with Gasteiger partial charge >= 0.3 is 0 Å². The van der Waals surface area contributed by atoms with Crippen molar-refractivity contribution in [3.63, 3.8) is 0 Å². The molecule has 0 spiro atoms. The number of aliphatic hydroxyl groups excluding tert-OH is 1. The molecular weight excluding hydrogens is 280 g/mol. The van der Waals surface area contributed by atoms with Crippen molar-refractivity contribution in [2.24, 2.45) is 0 Å². The third kappa shape index (κ3) is 4.29. The van der Waals surface area contributed by atoms with E-state index in [4.69, 9.17) is 0 Å². The molecule has 1 saturated heterocycles. The second-order valence-corrected chi connectivity index (χ2v) is 6.62. The first-order valence-electron chi connectivity index (χ1n) is 7.70. The average Bonchev–Trinajstić information content (AvgIpc) is 2.44. The van der Waals surface area contributed by atoms with Gasteiger partial charge in [-0.15, -0.1) is 0 Å². The molecule has 1 aliphatic rings. The molecule has 0 aliphatic carbocycles. The Balaban J connectivity index is 1.85. The largest absolute Gasteiger partial charge is 0.388 e. The zero-order valence-corrected chi connectivity index (χ0v) is 13.6. The number of carbonyl (C=O) groups is 1. The average molecular weight is 306 g/mol. The van der Waals surface area contributed by atoms with Crippen LogP contribution in [0.4, 0.5) is 0 Å². The SMILES string of the molecule is Cc1ccc(CN(C)CC(=O)N2CC[C@@](C)(O)[C@@H](O)C2)cc1. The lowest BCUT2D eigenvalue weighted by Gasteiger charge is -2.40. The standard InChI is InChI=1S/C17H26N2O3/c1-13-4-6-14(7-5-13)10-18(3)12-16(21)19-9-8-17(2,22)15(20)11-19/h4-7,15,20,22H,8-12H2,1-3H3/t15-,17+/m0/s1. The van der Waals surface area contributed by atoms with Crippen LogP contribution in [0.1, 0.15) is 24.5 Å². The topological polar surface area (TPSA) is 64.0 Å². The van der Waals surface area contributed by atoms with Crippen LogP contribution >= 0.6 is 0 Å². The Morgan fingerprint density at radius 2 is 2.05 bits per heavy atom. The molecule has 122 valence electrons. The summed E-state index contributed by atoms with van der Waals surface area (Å²) in [6.07, 6.45) is -0.477. The van der Waals surface area contributed by atoms with Crippen LogP contribution in [0.3, 0.4) is 0 Å². The number of likely N-dealkylation sites (N-methyl/N-ethyl adjacent to an activating group) is 1. The molecule has 1 aliphatic heterocycles. The van der Waals surface area contributed by atoms with Crippen LogP contribution < -0.4 is 0 Å². The van der Waals surface area contributed by atoms with Crippen LogP contribution in [-0.4, -0.2) is 64.3 Å². The van der Waals surface area contributed by atoms with Gasteiger partial charge in [0, 0.05) is 19.6 Å². The number of aliphatic hydroxyl groups is 2. The fourth-order valence-electron chi connectivity index (χ4n) is 2.64. The predicted octanol–water partition coefficient (Wildman–Crippen LogP) is 0.771. The maximum Gasteiger partial charge on any atom is 0.236 e. The Labute approximate surface area is 132 Å². The van der Waals surface area contributed by atoms with E-state index in [1.807, 2.05) is 18.9 Å². The first-order valence-corrected chi connectivity index (χ1v) is 7.70. The summed E-state index contributed by atoms with van der Waals surface area (Å²) in [6, 6.07) is 8.26. The molecular formula is C17H26N2O3. The van der Waals surface area contributed by atoms with Crippen LogP contribution in [-0.2, 0) is 11.3 Å². The number of nitrogens with zero attached hydrogens (tertiary/aromatic N) is 2. The normalized spacial score (nSPS) is 25.5. The van der Waals surface area contributed by atoms with E-state index in [1.54, 1.807) is 11.8 Å². The molecule has 22 heavy (non-hydrogen) atoms. The van der Waals surface area contributed by atoms with Crippen molar-refractivity contribution in [2.45, 2.75) is 38.5 Å². The summed E-state index contributed by atoms with van der Waals surface area (Å²) in [5, 5.41) is 19.8. The lowest BCUT2D eigenvalue weighted by Crippen LogP contribution is -2.56. The number of rotatable bonds is 4. The van der Waals surface area contributed by atoms with E-state index in [9.17, 15) is 15.0 Å². The highest BCUT2D eigenvalue weighted by Gasteiger charge is 2.37. The highest BCUT2D eigenvalue weighted by molar-refractivity contribution is 5.78. The molecule has 0 bridgehead atoms. The third-order valence-electron chi connectivity index (χ3n) is 4.33. The summed E-state index contributed by atoms with van der Waals surface area (Å²) in [5.41, 5.74) is 1.30. The van der Waals surface area contributed by atoms with Crippen molar-refractivity contribution in [3.05, 3.63) is 35.4 Å². The highest BCUT2D eigenvalue weighted by Crippen LogP contribution is 2.22. The third-order valence-corrected chi connectivity index (χ3v) is 4.33. The summed E-state index contributed by atoms with van der Waals surface area (Å²) in [5.74, 6) is -0.0100. The second kappa shape index (κ2) is 6.77. The van der Waals surface area contributed by atoms with Gasteiger partial charge in [0.25, 0.3) is 0 Å². The molecule has 1 aromatic rings. The fraction of sp³-hybridized carbons (Fsp3) is 0.588. The molecule has 0 unspecified atom stereocenters. The van der Waals surface area contributed by atoms with E-state index < -0.39 is 11.7 Å². The van der Waals surface area contributed by atoms with Gasteiger partial charge in [-0.1, -0.05) is 29.8 Å². The van der Waals surface area contributed by atoms with Gasteiger partial charge in [-0.2, -0.15) is 0 Å². The molecule has 1 aromatic carbocycles. The Morgan fingerprint density at radius 1 is 1.41 bits per heavy atom. The first-order chi connectivity index (χ1) is 10.3. The molecule has 1 heterocycles. The van der Waals surface area contributed by atoms with Crippen molar-refractivity contribution in [1.82, 2.24) is 9.80 Å². The number of β-amino-alcohol motifs (C(OH)–C–C–N with tert-alkyl or cyclic N) is 1. The van der Waals surface area contributed by atoms with Gasteiger partial charge in [-0.05, 0) is 32.9 Å². The van der Waals surface area contributed by atoms with Crippen molar-refractivity contribution in [3.8, 4) is 0 Å². The minimum Gasteiger partial charge on any atom is -0.388 e. The summed E-state index contributed by atoms with van der Waals surface area (Å²) >= 11 is 0. The van der Waals surface area contributed by atoms with Crippen LogP contribution in [0, 0.1) is 6.92 Å². The quantitative estimate of drug-likeness (QED) is 0.862. The summed E-state index contributed by atoms with van der Waals surface area (Å²) in [4.78, 5) is 15.9. The van der Waals surface area contributed by atoms with Crippen LogP contribution in [0.2, 0.25) is 0 Å². The van der Waals surface area contributed by atoms with Crippen molar-refractivity contribution in [2.75, 3.05) is 26.7 Å². The minimum atomic E-state index is -1.09. The van der Waals surface area contributed by atoms with E-state index in [0.717, 1.165) is 0 Å². The molecule has 0 radical (unpaired) electrons. The Bertz CT molecular complexity index is 513. The molecule has 2 N–H and O–H groups in total. The van der Waals surface area contributed by atoms with Gasteiger partial charge < -0.3 is 15.1 Å². The molecule has 2 atom stereocenters. The number of amides is 1. The summed E-state index contributed by atoms with van der Waals surface area (Å²) in [6.45, 7) is 5.37. The first kappa shape index (κ1) is 16.9. The molecule has 0 aromatic heterocycles. The highest BCUT2D eigenvalue weighted by atomic mass is 16.3. The number of aryl methyl sites for hydroxylation is 1. The number of carbonyl (C=O) groups excluding carboxylic acids is 1. The smallest absolute Gasteiger partial charge is 0.236 e. The zero-order chi connectivity index (χ0) is 16.3. The van der Waals surface area contributed by atoms with E-state index in [-0.39, 0.29) is 12.5 Å².